The molecule has 4 atom stereocenters. The number of carbonyl (C=O) groups excluding carboxylic acids is 2. The SMILES string of the molecule is C[C@@H]1CCCCO[C@@H](CN(C)Cc2ccc3c(c2)OCO3)[C@H](C)CN([C@H](C)CO)C(=O)c2cc(NC(=O)c3ccncc3)ccc2O1. The summed E-state index contributed by atoms with van der Waals surface area (Å²) >= 11 is 0. The van der Waals surface area contributed by atoms with Gasteiger partial charge in [0.25, 0.3) is 11.8 Å². The van der Waals surface area contributed by atoms with E-state index in [1.807, 2.05) is 32.0 Å². The number of fused-ring (bicyclic) bond motifs is 2. The molecule has 3 heterocycles. The summed E-state index contributed by atoms with van der Waals surface area (Å²) < 4.78 is 23.8. The van der Waals surface area contributed by atoms with Gasteiger partial charge < -0.3 is 34.3 Å². The predicted octanol–water partition coefficient (Wildman–Crippen LogP) is 4.99. The van der Waals surface area contributed by atoms with Crippen molar-refractivity contribution < 1.29 is 33.6 Å². The predicted molar refractivity (Wildman–Crippen MR) is 178 cm³/mol. The van der Waals surface area contributed by atoms with Gasteiger partial charge in [-0.25, -0.2) is 0 Å². The summed E-state index contributed by atoms with van der Waals surface area (Å²) in [5.41, 5.74) is 2.35. The Labute approximate surface area is 276 Å². The Hall–Kier alpha value is -4.19. The zero-order valence-corrected chi connectivity index (χ0v) is 27.7. The van der Waals surface area contributed by atoms with Gasteiger partial charge in [-0.3, -0.25) is 19.5 Å². The maximum Gasteiger partial charge on any atom is 0.258 e. The first kappa shape index (κ1) is 34.2. The van der Waals surface area contributed by atoms with Crippen LogP contribution >= 0.6 is 0 Å². The van der Waals surface area contributed by atoms with Crippen LogP contribution in [0.25, 0.3) is 0 Å². The fourth-order valence-electron chi connectivity index (χ4n) is 5.89. The Morgan fingerprint density at radius 2 is 1.83 bits per heavy atom. The minimum absolute atomic E-state index is 0.0621. The third-order valence-electron chi connectivity index (χ3n) is 8.63. The van der Waals surface area contributed by atoms with E-state index in [0.29, 0.717) is 48.8 Å². The van der Waals surface area contributed by atoms with Crippen molar-refractivity contribution in [1.29, 1.82) is 0 Å². The molecule has 11 nitrogen and oxygen atoms in total. The third kappa shape index (κ3) is 9.00. The molecule has 11 heteroatoms. The van der Waals surface area contributed by atoms with Gasteiger partial charge in [0.05, 0.1) is 30.4 Å². The number of aliphatic hydroxyl groups excluding tert-OH is 1. The summed E-state index contributed by atoms with van der Waals surface area (Å²) in [6.45, 7) is 8.21. The molecule has 252 valence electrons. The molecule has 2 aliphatic rings. The average Bonchev–Trinajstić information content (AvgIpc) is 3.54. The zero-order chi connectivity index (χ0) is 33.3. The lowest BCUT2D eigenvalue weighted by Gasteiger charge is -2.36. The minimum Gasteiger partial charge on any atom is -0.490 e. The van der Waals surface area contributed by atoms with Crippen LogP contribution in [0.4, 0.5) is 5.69 Å². The standard InChI is InChI=1S/C36H46N4O7/c1-24-19-40(25(2)22-41)36(43)30-18-29(38-35(42)28-12-14-37-15-13-28)9-11-31(30)47-26(3)7-5-6-16-44-34(24)21-39(4)20-27-8-10-32-33(17-27)46-23-45-32/h8-15,17-18,24-26,34,41H,5-7,16,19-23H2,1-4H3,(H,38,42)/t24-,25-,26-,34+/m1/s1. The van der Waals surface area contributed by atoms with Crippen molar-refractivity contribution in [2.24, 2.45) is 5.92 Å². The van der Waals surface area contributed by atoms with Gasteiger partial charge in [0, 0.05) is 55.8 Å². The minimum atomic E-state index is -0.467. The van der Waals surface area contributed by atoms with Gasteiger partial charge in [0.2, 0.25) is 6.79 Å². The van der Waals surface area contributed by atoms with E-state index in [1.165, 1.54) is 0 Å². The molecule has 2 N–H and O–H groups in total. The van der Waals surface area contributed by atoms with Crippen molar-refractivity contribution in [3.63, 3.8) is 0 Å². The first-order valence-electron chi connectivity index (χ1n) is 16.3. The Kier molecular flexibility index (Phi) is 11.7. The first-order valence-corrected chi connectivity index (χ1v) is 16.3. The normalized spacial score (nSPS) is 21.0. The van der Waals surface area contributed by atoms with Gasteiger partial charge in [-0.1, -0.05) is 13.0 Å². The van der Waals surface area contributed by atoms with E-state index >= 15 is 0 Å². The molecular weight excluding hydrogens is 600 g/mol. The molecule has 2 aromatic carbocycles. The van der Waals surface area contributed by atoms with Crippen LogP contribution in [0.5, 0.6) is 17.2 Å². The highest BCUT2D eigenvalue weighted by molar-refractivity contribution is 6.05. The molecule has 47 heavy (non-hydrogen) atoms. The molecule has 0 saturated heterocycles. The van der Waals surface area contributed by atoms with E-state index in [9.17, 15) is 14.7 Å². The lowest BCUT2D eigenvalue weighted by atomic mass is 10.0. The van der Waals surface area contributed by atoms with Gasteiger partial charge in [0.15, 0.2) is 11.5 Å². The highest BCUT2D eigenvalue weighted by atomic mass is 16.7. The number of hydrogen-bond acceptors (Lipinski definition) is 9. The molecule has 5 rings (SSSR count). The number of nitrogens with one attached hydrogen (secondary N) is 1. The number of hydrogen-bond donors (Lipinski definition) is 2. The van der Waals surface area contributed by atoms with Crippen molar-refractivity contribution >= 4 is 17.5 Å². The summed E-state index contributed by atoms with van der Waals surface area (Å²) in [6.07, 6.45) is 5.37. The monoisotopic (exact) mass is 646 g/mol. The number of nitrogens with zero attached hydrogens (tertiary/aromatic N) is 3. The lowest BCUT2D eigenvalue weighted by Crippen LogP contribution is -2.47. The largest absolute Gasteiger partial charge is 0.490 e. The molecule has 0 spiro atoms. The molecule has 1 aromatic heterocycles. The van der Waals surface area contributed by atoms with Crippen LogP contribution in [0, 0.1) is 5.92 Å². The molecular formula is C36H46N4O7. The van der Waals surface area contributed by atoms with Crippen LogP contribution in [0.1, 0.15) is 66.3 Å². The number of aromatic nitrogens is 1. The third-order valence-corrected chi connectivity index (χ3v) is 8.63. The van der Waals surface area contributed by atoms with Crippen LogP contribution < -0.4 is 19.5 Å². The van der Waals surface area contributed by atoms with E-state index in [0.717, 1.165) is 36.3 Å². The Morgan fingerprint density at radius 3 is 2.62 bits per heavy atom. The van der Waals surface area contributed by atoms with Gasteiger partial charge >= 0.3 is 0 Å². The van der Waals surface area contributed by atoms with E-state index < -0.39 is 6.04 Å². The molecule has 0 bridgehead atoms. The molecule has 3 aromatic rings. The fraction of sp³-hybridized carbons (Fsp3) is 0.472. The number of anilines is 1. The van der Waals surface area contributed by atoms with Crippen molar-refractivity contribution in [2.75, 3.05) is 45.5 Å². The zero-order valence-electron chi connectivity index (χ0n) is 27.7. The Morgan fingerprint density at radius 1 is 1.06 bits per heavy atom. The molecule has 2 aliphatic heterocycles. The van der Waals surface area contributed by atoms with Gasteiger partial charge in [-0.05, 0) is 88.2 Å². The van der Waals surface area contributed by atoms with Crippen LogP contribution in [0.15, 0.2) is 60.9 Å². The summed E-state index contributed by atoms with van der Waals surface area (Å²) in [5, 5.41) is 13.1. The van der Waals surface area contributed by atoms with Crippen LogP contribution in [-0.2, 0) is 11.3 Å². The highest BCUT2D eigenvalue weighted by Gasteiger charge is 2.30. The van der Waals surface area contributed by atoms with E-state index in [2.05, 4.69) is 29.2 Å². The van der Waals surface area contributed by atoms with Crippen molar-refractivity contribution in [2.45, 2.75) is 64.8 Å². The summed E-state index contributed by atoms with van der Waals surface area (Å²) in [4.78, 5) is 35.2. The summed E-state index contributed by atoms with van der Waals surface area (Å²) in [7, 11) is 2.06. The van der Waals surface area contributed by atoms with E-state index in [4.69, 9.17) is 18.9 Å². The maximum absolute atomic E-state index is 14.4. The number of likely N-dealkylation sites (N-methyl/N-ethyl adjacent to an activating group) is 1. The molecule has 0 aliphatic carbocycles. The Bertz CT molecular complexity index is 1500. The fourth-order valence-corrected chi connectivity index (χ4v) is 5.89. The number of benzene rings is 2. The number of carbonyl (C=O) groups is 2. The highest BCUT2D eigenvalue weighted by Crippen LogP contribution is 2.33. The van der Waals surface area contributed by atoms with Crippen molar-refractivity contribution in [3.8, 4) is 17.2 Å². The quantitative estimate of drug-likeness (QED) is 0.349. The maximum atomic E-state index is 14.4. The van der Waals surface area contributed by atoms with Gasteiger partial charge in [-0.2, -0.15) is 0 Å². The topological polar surface area (TPSA) is 123 Å². The van der Waals surface area contributed by atoms with Crippen LogP contribution in [0.2, 0.25) is 0 Å². The van der Waals surface area contributed by atoms with Crippen molar-refractivity contribution in [3.05, 3.63) is 77.6 Å². The first-order chi connectivity index (χ1) is 22.7. The number of ether oxygens (including phenoxy) is 4. The smallest absolute Gasteiger partial charge is 0.258 e. The molecule has 0 radical (unpaired) electrons. The van der Waals surface area contributed by atoms with E-state index in [-0.39, 0.29) is 43.3 Å². The van der Waals surface area contributed by atoms with Gasteiger partial charge in [0.1, 0.15) is 5.75 Å². The molecule has 0 fully saturated rings. The van der Waals surface area contributed by atoms with Gasteiger partial charge in [-0.15, -0.1) is 0 Å². The second-order valence-corrected chi connectivity index (χ2v) is 12.6. The Balaban J connectivity index is 1.38. The molecule has 0 unspecified atom stereocenters. The number of pyridine rings is 1. The summed E-state index contributed by atoms with van der Waals surface area (Å²) in [5.74, 6) is 1.29. The number of aliphatic hydroxyl groups is 1. The van der Waals surface area contributed by atoms with Crippen LogP contribution in [0.3, 0.4) is 0 Å². The number of rotatable bonds is 8. The molecule has 2 amide bonds. The van der Waals surface area contributed by atoms with Crippen molar-refractivity contribution in [1.82, 2.24) is 14.8 Å². The second-order valence-electron chi connectivity index (χ2n) is 12.6. The second kappa shape index (κ2) is 16.1. The number of amides is 2. The lowest BCUT2D eigenvalue weighted by molar-refractivity contribution is -0.0177. The van der Waals surface area contributed by atoms with E-state index in [1.54, 1.807) is 47.6 Å². The average molecular weight is 647 g/mol. The summed E-state index contributed by atoms with van der Waals surface area (Å²) in [6, 6.07) is 13.9. The van der Waals surface area contributed by atoms with Crippen LogP contribution in [-0.4, -0.2) is 90.1 Å². The molecule has 0 saturated carbocycles.